The molecule has 0 aliphatic carbocycles. The molecule has 1 aliphatic rings. The fourth-order valence-corrected chi connectivity index (χ4v) is 3.57. The van der Waals surface area contributed by atoms with Crippen molar-refractivity contribution in [2.24, 2.45) is 23.3 Å². The standard InChI is InChI=1S/C21H37N5O6/c1-11(2)10-14(21(31)32)25-18(28)13(7-8-16(22)27)24-19(29)15-6-5-9-26(15)20(30)17(23)12(3)4/h11-15,17H,5-10,23H2,1-4H3,(H2,22,27)(H,24,29)(H,25,28)(H,31,32). The highest BCUT2D eigenvalue weighted by atomic mass is 16.4. The third-order valence-electron chi connectivity index (χ3n) is 5.48. The van der Waals surface area contributed by atoms with E-state index >= 15 is 0 Å². The third-order valence-corrected chi connectivity index (χ3v) is 5.48. The van der Waals surface area contributed by atoms with Crippen LogP contribution in [0.4, 0.5) is 0 Å². The van der Waals surface area contributed by atoms with Crippen molar-refractivity contribution in [3.8, 4) is 0 Å². The number of rotatable bonds is 12. The topological polar surface area (TPSA) is 185 Å². The lowest BCUT2D eigenvalue weighted by Gasteiger charge is -2.29. The maximum atomic E-state index is 13.0. The van der Waals surface area contributed by atoms with E-state index in [0.29, 0.717) is 19.4 Å². The van der Waals surface area contributed by atoms with Crippen molar-refractivity contribution in [1.29, 1.82) is 0 Å². The molecule has 11 nitrogen and oxygen atoms in total. The van der Waals surface area contributed by atoms with Crippen LogP contribution < -0.4 is 22.1 Å². The van der Waals surface area contributed by atoms with E-state index in [0.717, 1.165) is 0 Å². The molecule has 4 unspecified atom stereocenters. The van der Waals surface area contributed by atoms with Gasteiger partial charge in [0.15, 0.2) is 0 Å². The van der Waals surface area contributed by atoms with Gasteiger partial charge in [-0.3, -0.25) is 19.2 Å². The molecule has 4 amide bonds. The van der Waals surface area contributed by atoms with Crippen molar-refractivity contribution in [3.05, 3.63) is 0 Å². The van der Waals surface area contributed by atoms with Gasteiger partial charge in [0.05, 0.1) is 6.04 Å². The number of nitrogens with zero attached hydrogens (tertiary/aromatic N) is 1. The molecule has 0 aromatic rings. The molecule has 1 fully saturated rings. The third kappa shape index (κ3) is 8.10. The highest BCUT2D eigenvalue weighted by Gasteiger charge is 2.38. The highest BCUT2D eigenvalue weighted by Crippen LogP contribution is 2.20. The predicted molar refractivity (Wildman–Crippen MR) is 117 cm³/mol. The average molecular weight is 456 g/mol. The van der Waals surface area contributed by atoms with Gasteiger partial charge in [0, 0.05) is 13.0 Å². The van der Waals surface area contributed by atoms with Crippen LogP contribution in [-0.4, -0.2) is 70.3 Å². The second-order valence-corrected chi connectivity index (χ2v) is 9.05. The Hall–Kier alpha value is -2.69. The number of amides is 4. The first-order chi connectivity index (χ1) is 14.8. The zero-order valence-corrected chi connectivity index (χ0v) is 19.3. The largest absolute Gasteiger partial charge is 0.480 e. The number of carboxylic acids is 1. The van der Waals surface area contributed by atoms with E-state index < -0.39 is 47.9 Å². The van der Waals surface area contributed by atoms with Crippen LogP contribution in [0.2, 0.25) is 0 Å². The molecule has 0 spiro atoms. The molecule has 1 aliphatic heterocycles. The van der Waals surface area contributed by atoms with Gasteiger partial charge in [0.1, 0.15) is 18.1 Å². The van der Waals surface area contributed by atoms with Crippen molar-refractivity contribution >= 4 is 29.6 Å². The Balaban J connectivity index is 2.95. The number of carbonyl (C=O) groups is 5. The van der Waals surface area contributed by atoms with Crippen LogP contribution >= 0.6 is 0 Å². The number of carboxylic acid groups (broad SMARTS) is 1. The molecule has 182 valence electrons. The minimum atomic E-state index is -1.19. The van der Waals surface area contributed by atoms with Gasteiger partial charge in [-0.1, -0.05) is 27.7 Å². The van der Waals surface area contributed by atoms with Crippen LogP contribution in [0.15, 0.2) is 0 Å². The first kappa shape index (κ1) is 27.3. The number of nitrogens with one attached hydrogen (secondary N) is 2. The molecule has 1 rings (SSSR count). The smallest absolute Gasteiger partial charge is 0.326 e. The van der Waals surface area contributed by atoms with Gasteiger partial charge >= 0.3 is 5.97 Å². The summed E-state index contributed by atoms with van der Waals surface area (Å²) >= 11 is 0. The van der Waals surface area contributed by atoms with E-state index in [1.165, 1.54) is 4.90 Å². The first-order valence-electron chi connectivity index (χ1n) is 11.0. The Morgan fingerprint density at radius 2 is 1.69 bits per heavy atom. The lowest BCUT2D eigenvalue weighted by Crippen LogP contribution is -2.57. The number of hydrogen-bond donors (Lipinski definition) is 5. The van der Waals surface area contributed by atoms with Crippen molar-refractivity contribution in [3.63, 3.8) is 0 Å². The Morgan fingerprint density at radius 1 is 1.06 bits per heavy atom. The molecule has 32 heavy (non-hydrogen) atoms. The number of nitrogens with two attached hydrogens (primary N) is 2. The number of aliphatic carboxylic acids is 1. The van der Waals surface area contributed by atoms with Gasteiger partial charge in [0.25, 0.3) is 0 Å². The van der Waals surface area contributed by atoms with Crippen LogP contribution in [0.5, 0.6) is 0 Å². The van der Waals surface area contributed by atoms with Crippen LogP contribution in [0.1, 0.15) is 59.8 Å². The van der Waals surface area contributed by atoms with Crippen molar-refractivity contribution in [2.75, 3.05) is 6.54 Å². The van der Waals surface area contributed by atoms with E-state index in [4.69, 9.17) is 11.5 Å². The Bertz CT molecular complexity index is 711. The van der Waals surface area contributed by atoms with E-state index in [1.54, 1.807) is 0 Å². The summed E-state index contributed by atoms with van der Waals surface area (Å²) in [7, 11) is 0. The Labute approximate surface area is 188 Å². The Kier molecular flexibility index (Phi) is 10.6. The fourth-order valence-electron chi connectivity index (χ4n) is 3.57. The zero-order chi connectivity index (χ0) is 24.6. The second kappa shape index (κ2) is 12.4. The summed E-state index contributed by atoms with van der Waals surface area (Å²) in [4.78, 5) is 62.6. The van der Waals surface area contributed by atoms with Crippen molar-refractivity contribution in [1.82, 2.24) is 15.5 Å². The Morgan fingerprint density at radius 3 is 2.19 bits per heavy atom. The number of hydrogen-bond acceptors (Lipinski definition) is 6. The normalized spacial score (nSPS) is 18.8. The van der Waals surface area contributed by atoms with Crippen LogP contribution in [0.3, 0.4) is 0 Å². The summed E-state index contributed by atoms with van der Waals surface area (Å²) in [6.45, 7) is 7.65. The summed E-state index contributed by atoms with van der Waals surface area (Å²) in [6.07, 6.45) is 0.967. The average Bonchev–Trinajstić information content (AvgIpc) is 3.18. The molecule has 0 aromatic heterocycles. The van der Waals surface area contributed by atoms with Crippen molar-refractivity contribution < 1.29 is 29.1 Å². The molecular weight excluding hydrogens is 418 g/mol. The van der Waals surface area contributed by atoms with Gasteiger partial charge in [0.2, 0.25) is 23.6 Å². The minimum Gasteiger partial charge on any atom is -0.480 e. The molecule has 4 atom stereocenters. The molecule has 7 N–H and O–H groups in total. The van der Waals surface area contributed by atoms with Crippen LogP contribution in [0.25, 0.3) is 0 Å². The van der Waals surface area contributed by atoms with Gasteiger partial charge in [-0.05, 0) is 37.5 Å². The van der Waals surface area contributed by atoms with E-state index in [9.17, 15) is 29.1 Å². The summed E-state index contributed by atoms with van der Waals surface area (Å²) in [5.41, 5.74) is 11.1. The lowest BCUT2D eigenvalue weighted by molar-refractivity contribution is -0.143. The summed E-state index contributed by atoms with van der Waals surface area (Å²) < 4.78 is 0. The number of carbonyl (C=O) groups excluding carboxylic acids is 4. The van der Waals surface area contributed by atoms with Gasteiger partial charge < -0.3 is 32.1 Å². The van der Waals surface area contributed by atoms with Gasteiger partial charge in [-0.25, -0.2) is 4.79 Å². The molecule has 0 bridgehead atoms. The molecule has 11 heteroatoms. The minimum absolute atomic E-state index is 0.0123. The van der Waals surface area contributed by atoms with Crippen molar-refractivity contribution in [2.45, 2.75) is 84.0 Å². The summed E-state index contributed by atoms with van der Waals surface area (Å²) in [5.74, 6) is -3.54. The zero-order valence-electron chi connectivity index (χ0n) is 19.3. The molecule has 0 saturated carbocycles. The monoisotopic (exact) mass is 455 g/mol. The lowest BCUT2D eigenvalue weighted by atomic mass is 10.0. The maximum absolute atomic E-state index is 13.0. The molecule has 1 saturated heterocycles. The maximum Gasteiger partial charge on any atom is 0.326 e. The number of likely N-dealkylation sites (tertiary alicyclic amines) is 1. The SMILES string of the molecule is CC(C)CC(NC(=O)C(CCC(N)=O)NC(=O)C1CCCN1C(=O)C(N)C(C)C)C(=O)O. The summed E-state index contributed by atoms with van der Waals surface area (Å²) in [5, 5.41) is 14.4. The number of primary amides is 1. The molecule has 1 heterocycles. The quantitative estimate of drug-likeness (QED) is 0.258. The molecular formula is C21H37N5O6. The van der Waals surface area contributed by atoms with E-state index in [1.807, 2.05) is 27.7 Å². The van der Waals surface area contributed by atoms with E-state index in [-0.39, 0.29) is 37.0 Å². The summed E-state index contributed by atoms with van der Waals surface area (Å²) in [6, 6.07) is -3.84. The van der Waals surface area contributed by atoms with Gasteiger partial charge in [-0.2, -0.15) is 0 Å². The van der Waals surface area contributed by atoms with Crippen LogP contribution in [-0.2, 0) is 24.0 Å². The second-order valence-electron chi connectivity index (χ2n) is 9.05. The van der Waals surface area contributed by atoms with E-state index in [2.05, 4.69) is 10.6 Å². The first-order valence-corrected chi connectivity index (χ1v) is 11.0. The fraction of sp³-hybridized carbons (Fsp3) is 0.762. The predicted octanol–water partition coefficient (Wildman–Crippen LogP) is -0.673. The van der Waals surface area contributed by atoms with Crippen LogP contribution in [0, 0.1) is 11.8 Å². The molecule has 0 aromatic carbocycles. The van der Waals surface area contributed by atoms with Gasteiger partial charge in [-0.15, -0.1) is 0 Å². The molecule has 0 radical (unpaired) electrons. The highest BCUT2D eigenvalue weighted by molar-refractivity contribution is 5.94.